The molecule has 2 aromatic carbocycles. The van der Waals surface area contributed by atoms with E-state index in [1.165, 1.54) is 11.1 Å². The van der Waals surface area contributed by atoms with Crippen LogP contribution in [0.2, 0.25) is 0 Å². The van der Waals surface area contributed by atoms with Crippen molar-refractivity contribution in [3.63, 3.8) is 0 Å². The number of benzene rings is 2. The number of fused-ring (bicyclic) bond motifs is 1. The zero-order chi connectivity index (χ0) is 13.1. The Morgan fingerprint density at radius 1 is 1.05 bits per heavy atom. The third kappa shape index (κ3) is 2.60. The lowest BCUT2D eigenvalue weighted by Gasteiger charge is -2.07. The molecule has 0 bridgehead atoms. The number of nitrogens with one attached hydrogen (secondary N) is 2. The predicted molar refractivity (Wildman–Crippen MR) is 79.2 cm³/mol. The SMILES string of the molecule is CCc1ccc(CNc2ccc3cn[nH]c3c2)cc1. The maximum absolute atomic E-state index is 4.03. The molecular weight excluding hydrogens is 234 g/mol. The van der Waals surface area contributed by atoms with Crippen molar-refractivity contribution >= 4 is 16.6 Å². The largest absolute Gasteiger partial charge is 0.381 e. The van der Waals surface area contributed by atoms with Crippen LogP contribution in [0.5, 0.6) is 0 Å². The van der Waals surface area contributed by atoms with E-state index in [0.717, 1.165) is 29.6 Å². The number of rotatable bonds is 4. The first-order valence-electron chi connectivity index (χ1n) is 6.60. The van der Waals surface area contributed by atoms with Crippen molar-refractivity contribution in [3.8, 4) is 0 Å². The minimum atomic E-state index is 0.837. The quantitative estimate of drug-likeness (QED) is 0.741. The van der Waals surface area contributed by atoms with Crippen molar-refractivity contribution in [3.05, 3.63) is 59.8 Å². The van der Waals surface area contributed by atoms with E-state index >= 15 is 0 Å². The third-order valence-corrected chi connectivity index (χ3v) is 3.37. The molecule has 0 aliphatic carbocycles. The summed E-state index contributed by atoms with van der Waals surface area (Å²) in [4.78, 5) is 0. The summed E-state index contributed by atoms with van der Waals surface area (Å²) in [6, 6.07) is 15.0. The molecule has 0 saturated heterocycles. The van der Waals surface area contributed by atoms with E-state index in [1.807, 2.05) is 6.20 Å². The van der Waals surface area contributed by atoms with Gasteiger partial charge in [-0.15, -0.1) is 0 Å². The molecule has 0 atom stereocenters. The van der Waals surface area contributed by atoms with Crippen LogP contribution in [0, 0.1) is 0 Å². The van der Waals surface area contributed by atoms with Gasteiger partial charge in [0.05, 0.1) is 11.7 Å². The lowest BCUT2D eigenvalue weighted by Crippen LogP contribution is -1.99. The number of hydrogen-bond acceptors (Lipinski definition) is 2. The number of H-pyrrole nitrogens is 1. The van der Waals surface area contributed by atoms with Gasteiger partial charge < -0.3 is 5.32 Å². The third-order valence-electron chi connectivity index (χ3n) is 3.37. The highest BCUT2D eigenvalue weighted by atomic mass is 15.1. The molecule has 3 rings (SSSR count). The maximum atomic E-state index is 4.03. The van der Waals surface area contributed by atoms with E-state index in [-0.39, 0.29) is 0 Å². The minimum Gasteiger partial charge on any atom is -0.381 e. The van der Waals surface area contributed by atoms with Crippen LogP contribution in [0.3, 0.4) is 0 Å². The van der Waals surface area contributed by atoms with Gasteiger partial charge in [-0.2, -0.15) is 5.10 Å². The molecule has 96 valence electrons. The van der Waals surface area contributed by atoms with Crippen LogP contribution in [-0.2, 0) is 13.0 Å². The molecular formula is C16H17N3. The maximum Gasteiger partial charge on any atom is 0.0670 e. The van der Waals surface area contributed by atoms with E-state index in [1.54, 1.807) is 0 Å². The molecule has 0 amide bonds. The van der Waals surface area contributed by atoms with Crippen LogP contribution in [-0.4, -0.2) is 10.2 Å². The Bertz CT molecular complexity index is 668. The second kappa shape index (κ2) is 5.14. The summed E-state index contributed by atoms with van der Waals surface area (Å²) in [5.74, 6) is 0. The molecule has 0 aliphatic rings. The van der Waals surface area contributed by atoms with Gasteiger partial charge in [-0.3, -0.25) is 5.10 Å². The van der Waals surface area contributed by atoms with Gasteiger partial charge in [0.15, 0.2) is 0 Å². The van der Waals surface area contributed by atoms with E-state index in [9.17, 15) is 0 Å². The number of hydrogen-bond donors (Lipinski definition) is 2. The fraction of sp³-hybridized carbons (Fsp3) is 0.188. The van der Waals surface area contributed by atoms with Crippen LogP contribution >= 0.6 is 0 Å². The summed E-state index contributed by atoms with van der Waals surface area (Å²) in [7, 11) is 0. The number of aromatic amines is 1. The molecule has 0 fully saturated rings. The van der Waals surface area contributed by atoms with Crippen molar-refractivity contribution in [1.82, 2.24) is 10.2 Å². The van der Waals surface area contributed by atoms with Crippen LogP contribution in [0.1, 0.15) is 18.1 Å². The lowest BCUT2D eigenvalue weighted by molar-refractivity contribution is 1.10. The molecule has 3 heteroatoms. The molecule has 19 heavy (non-hydrogen) atoms. The molecule has 0 aliphatic heterocycles. The van der Waals surface area contributed by atoms with Crippen molar-refractivity contribution in [1.29, 1.82) is 0 Å². The Morgan fingerprint density at radius 3 is 2.63 bits per heavy atom. The molecule has 0 unspecified atom stereocenters. The first-order valence-corrected chi connectivity index (χ1v) is 6.60. The Kier molecular flexibility index (Phi) is 3.19. The molecule has 3 aromatic rings. The topological polar surface area (TPSA) is 40.7 Å². The molecule has 0 spiro atoms. The van der Waals surface area contributed by atoms with Crippen molar-refractivity contribution in [2.24, 2.45) is 0 Å². The van der Waals surface area contributed by atoms with Crippen LogP contribution in [0.15, 0.2) is 48.7 Å². The normalized spacial score (nSPS) is 10.8. The second-order valence-corrected chi connectivity index (χ2v) is 4.70. The summed E-state index contributed by atoms with van der Waals surface area (Å²) in [5.41, 5.74) is 4.84. The molecule has 0 saturated carbocycles. The Balaban J connectivity index is 1.70. The summed E-state index contributed by atoms with van der Waals surface area (Å²) in [5, 5.41) is 11.6. The van der Waals surface area contributed by atoms with Crippen LogP contribution in [0.25, 0.3) is 10.9 Å². The summed E-state index contributed by atoms with van der Waals surface area (Å²) in [6.07, 6.45) is 2.92. The molecule has 1 heterocycles. The molecule has 3 nitrogen and oxygen atoms in total. The standard InChI is InChI=1S/C16H17N3/c1-2-12-3-5-13(6-4-12)10-17-15-8-7-14-11-18-19-16(14)9-15/h3-9,11,17H,2,10H2,1H3,(H,18,19). The van der Waals surface area contributed by atoms with Crippen LogP contribution in [0.4, 0.5) is 5.69 Å². The van der Waals surface area contributed by atoms with Gasteiger partial charge in [-0.05, 0) is 35.7 Å². The highest BCUT2D eigenvalue weighted by molar-refractivity contribution is 5.81. The average molecular weight is 251 g/mol. The van der Waals surface area contributed by atoms with Gasteiger partial charge in [0.2, 0.25) is 0 Å². The van der Waals surface area contributed by atoms with Gasteiger partial charge in [0.1, 0.15) is 0 Å². The molecule has 2 N–H and O–H groups in total. The fourth-order valence-corrected chi connectivity index (χ4v) is 2.14. The summed E-state index contributed by atoms with van der Waals surface area (Å²) < 4.78 is 0. The zero-order valence-electron chi connectivity index (χ0n) is 11.0. The molecule has 1 aromatic heterocycles. The Hall–Kier alpha value is -2.29. The first kappa shape index (κ1) is 11.8. The smallest absolute Gasteiger partial charge is 0.0670 e. The van der Waals surface area contributed by atoms with Gasteiger partial charge in [-0.1, -0.05) is 31.2 Å². The van der Waals surface area contributed by atoms with Gasteiger partial charge >= 0.3 is 0 Å². The number of aromatic nitrogens is 2. The summed E-state index contributed by atoms with van der Waals surface area (Å²) >= 11 is 0. The highest BCUT2D eigenvalue weighted by Crippen LogP contribution is 2.17. The number of anilines is 1. The average Bonchev–Trinajstić information content (AvgIpc) is 2.93. The Morgan fingerprint density at radius 2 is 1.84 bits per heavy atom. The van der Waals surface area contributed by atoms with Crippen molar-refractivity contribution in [2.45, 2.75) is 19.9 Å². The first-order chi connectivity index (χ1) is 9.35. The predicted octanol–water partition coefficient (Wildman–Crippen LogP) is 3.74. The number of aryl methyl sites for hydroxylation is 1. The van der Waals surface area contributed by atoms with Gasteiger partial charge in [0.25, 0.3) is 0 Å². The van der Waals surface area contributed by atoms with Crippen molar-refractivity contribution < 1.29 is 0 Å². The van der Waals surface area contributed by atoms with Crippen LogP contribution < -0.4 is 5.32 Å². The molecule has 0 radical (unpaired) electrons. The van der Waals surface area contributed by atoms with Crippen molar-refractivity contribution in [2.75, 3.05) is 5.32 Å². The second-order valence-electron chi connectivity index (χ2n) is 4.70. The highest BCUT2D eigenvalue weighted by Gasteiger charge is 1.98. The van der Waals surface area contributed by atoms with E-state index in [4.69, 9.17) is 0 Å². The van der Waals surface area contributed by atoms with Gasteiger partial charge in [-0.25, -0.2) is 0 Å². The van der Waals surface area contributed by atoms with E-state index in [2.05, 4.69) is 64.9 Å². The summed E-state index contributed by atoms with van der Waals surface area (Å²) in [6.45, 7) is 3.01. The lowest BCUT2D eigenvalue weighted by atomic mass is 10.1. The van der Waals surface area contributed by atoms with E-state index in [0.29, 0.717) is 0 Å². The zero-order valence-corrected chi connectivity index (χ0v) is 11.0. The Labute approximate surface area is 112 Å². The number of nitrogens with zero attached hydrogens (tertiary/aromatic N) is 1. The minimum absolute atomic E-state index is 0.837. The van der Waals surface area contributed by atoms with Gasteiger partial charge in [0, 0.05) is 17.6 Å². The monoisotopic (exact) mass is 251 g/mol. The fourth-order valence-electron chi connectivity index (χ4n) is 2.14. The van der Waals surface area contributed by atoms with E-state index < -0.39 is 0 Å².